The highest BCUT2D eigenvalue weighted by molar-refractivity contribution is 5.56. The minimum absolute atomic E-state index is 0.166. The van der Waals surface area contributed by atoms with Crippen LogP contribution in [0.1, 0.15) is 11.4 Å². The van der Waals surface area contributed by atoms with Crippen molar-refractivity contribution in [2.75, 3.05) is 5.32 Å². The molecule has 3 heterocycles. The van der Waals surface area contributed by atoms with Crippen molar-refractivity contribution in [3.05, 3.63) is 54.5 Å². The number of aryl methyl sites for hydroxylation is 1. The number of nitrogens with one attached hydrogen (secondary N) is 1. The first-order valence-electron chi connectivity index (χ1n) is 6.43. The molecule has 0 aliphatic rings. The van der Waals surface area contributed by atoms with Crippen LogP contribution in [0, 0.1) is 6.92 Å². The van der Waals surface area contributed by atoms with Gasteiger partial charge in [0.05, 0.1) is 12.2 Å². The van der Waals surface area contributed by atoms with Gasteiger partial charge in [0, 0.05) is 11.9 Å². The summed E-state index contributed by atoms with van der Waals surface area (Å²) in [4.78, 5) is 12.5. The van der Waals surface area contributed by atoms with Crippen molar-refractivity contribution in [2.24, 2.45) is 0 Å². The Labute approximate surface area is 121 Å². The van der Waals surface area contributed by atoms with E-state index in [9.17, 15) is 5.11 Å². The van der Waals surface area contributed by atoms with E-state index in [4.69, 9.17) is 0 Å². The highest BCUT2D eigenvalue weighted by Gasteiger charge is 2.08. The van der Waals surface area contributed by atoms with Gasteiger partial charge in [-0.2, -0.15) is 5.10 Å². The largest absolute Gasteiger partial charge is 0.506 e. The smallest absolute Gasteiger partial charge is 0.178 e. The SMILES string of the molecule is Cc1ccc(O)c(CNc2cccnc2-n2cncn2)n1. The lowest BCUT2D eigenvalue weighted by Crippen LogP contribution is -2.08. The summed E-state index contributed by atoms with van der Waals surface area (Å²) in [7, 11) is 0. The summed E-state index contributed by atoms with van der Waals surface area (Å²) in [5, 5.41) is 17.1. The molecule has 0 fully saturated rings. The van der Waals surface area contributed by atoms with Crippen molar-refractivity contribution in [1.29, 1.82) is 0 Å². The van der Waals surface area contributed by atoms with Crippen LogP contribution in [0.5, 0.6) is 5.75 Å². The minimum Gasteiger partial charge on any atom is -0.506 e. The summed E-state index contributed by atoms with van der Waals surface area (Å²) in [5.74, 6) is 0.807. The molecule has 0 aromatic carbocycles. The van der Waals surface area contributed by atoms with Gasteiger partial charge in [-0.3, -0.25) is 4.98 Å². The fourth-order valence-corrected chi connectivity index (χ4v) is 1.95. The topological polar surface area (TPSA) is 88.8 Å². The molecule has 7 nitrogen and oxygen atoms in total. The molecule has 7 heteroatoms. The summed E-state index contributed by atoms with van der Waals surface area (Å²) in [6.07, 6.45) is 4.72. The van der Waals surface area contributed by atoms with Crippen LogP contribution in [-0.2, 0) is 6.54 Å². The van der Waals surface area contributed by atoms with Gasteiger partial charge in [0.2, 0.25) is 0 Å². The normalized spacial score (nSPS) is 10.5. The van der Waals surface area contributed by atoms with Crippen LogP contribution in [0.15, 0.2) is 43.1 Å². The van der Waals surface area contributed by atoms with Gasteiger partial charge in [-0.15, -0.1) is 0 Å². The van der Waals surface area contributed by atoms with E-state index < -0.39 is 0 Å². The zero-order valence-corrected chi connectivity index (χ0v) is 11.4. The fourth-order valence-electron chi connectivity index (χ4n) is 1.95. The van der Waals surface area contributed by atoms with E-state index in [1.807, 2.05) is 19.1 Å². The molecule has 0 radical (unpaired) electrons. The Morgan fingerprint density at radius 1 is 1.29 bits per heavy atom. The first kappa shape index (κ1) is 13.0. The lowest BCUT2D eigenvalue weighted by atomic mass is 10.2. The van der Waals surface area contributed by atoms with E-state index in [1.54, 1.807) is 29.3 Å². The number of anilines is 1. The third kappa shape index (κ3) is 2.81. The van der Waals surface area contributed by atoms with E-state index >= 15 is 0 Å². The highest BCUT2D eigenvalue weighted by Crippen LogP contribution is 2.19. The molecule has 0 bridgehead atoms. The van der Waals surface area contributed by atoms with Crippen LogP contribution < -0.4 is 5.32 Å². The number of pyridine rings is 2. The Kier molecular flexibility index (Phi) is 3.46. The van der Waals surface area contributed by atoms with Crippen molar-refractivity contribution in [1.82, 2.24) is 24.7 Å². The quantitative estimate of drug-likeness (QED) is 0.757. The fraction of sp³-hybridized carbons (Fsp3) is 0.143. The second kappa shape index (κ2) is 5.58. The Morgan fingerprint density at radius 3 is 3.00 bits per heavy atom. The molecule has 0 saturated carbocycles. The lowest BCUT2D eigenvalue weighted by molar-refractivity contribution is 0.464. The van der Waals surface area contributed by atoms with Crippen LogP contribution in [0.4, 0.5) is 5.69 Å². The molecule has 0 aliphatic carbocycles. The molecule has 3 aromatic rings. The monoisotopic (exact) mass is 282 g/mol. The van der Waals surface area contributed by atoms with Gasteiger partial charge in [0.1, 0.15) is 24.1 Å². The van der Waals surface area contributed by atoms with Crippen LogP contribution >= 0.6 is 0 Å². The molecule has 0 saturated heterocycles. The molecule has 3 aromatic heterocycles. The Balaban J connectivity index is 1.84. The third-order valence-corrected chi connectivity index (χ3v) is 2.96. The average Bonchev–Trinajstić information content (AvgIpc) is 3.03. The van der Waals surface area contributed by atoms with Crippen LogP contribution in [0.2, 0.25) is 0 Å². The number of hydrogen-bond acceptors (Lipinski definition) is 6. The zero-order valence-electron chi connectivity index (χ0n) is 11.4. The van der Waals surface area contributed by atoms with Gasteiger partial charge in [-0.25, -0.2) is 14.6 Å². The number of hydrogen-bond donors (Lipinski definition) is 2. The van der Waals surface area contributed by atoms with Gasteiger partial charge in [0.15, 0.2) is 5.82 Å². The number of nitrogens with zero attached hydrogens (tertiary/aromatic N) is 5. The molecule has 2 N–H and O–H groups in total. The van der Waals surface area contributed by atoms with E-state index in [1.165, 1.54) is 6.33 Å². The molecule has 0 unspecified atom stereocenters. The predicted octanol–water partition coefficient (Wildman–Crippen LogP) is 1.68. The maximum absolute atomic E-state index is 9.82. The predicted molar refractivity (Wildman–Crippen MR) is 77.1 cm³/mol. The minimum atomic E-state index is 0.166. The van der Waals surface area contributed by atoms with Crippen LogP contribution in [0.25, 0.3) is 5.82 Å². The Bertz CT molecular complexity index is 741. The summed E-state index contributed by atoms with van der Waals surface area (Å²) < 4.78 is 1.58. The molecular formula is C14H14N6O. The summed E-state index contributed by atoms with van der Waals surface area (Å²) in [6, 6.07) is 7.12. The van der Waals surface area contributed by atoms with Gasteiger partial charge in [0.25, 0.3) is 0 Å². The lowest BCUT2D eigenvalue weighted by Gasteiger charge is -2.11. The summed E-state index contributed by atoms with van der Waals surface area (Å²) in [6.45, 7) is 2.27. The van der Waals surface area contributed by atoms with E-state index in [-0.39, 0.29) is 5.75 Å². The van der Waals surface area contributed by atoms with Gasteiger partial charge in [-0.05, 0) is 31.2 Å². The summed E-state index contributed by atoms with van der Waals surface area (Å²) >= 11 is 0. The Hall–Kier alpha value is -2.96. The first-order chi connectivity index (χ1) is 10.2. The summed E-state index contributed by atoms with van der Waals surface area (Å²) in [5.41, 5.74) is 2.22. The van der Waals surface area contributed by atoms with Gasteiger partial charge in [-0.1, -0.05) is 0 Å². The molecule has 3 rings (SSSR count). The first-order valence-corrected chi connectivity index (χ1v) is 6.43. The third-order valence-electron chi connectivity index (χ3n) is 2.96. The number of aromatic nitrogens is 5. The molecule has 0 spiro atoms. The van der Waals surface area contributed by atoms with Crippen molar-refractivity contribution in [3.63, 3.8) is 0 Å². The second-order valence-corrected chi connectivity index (χ2v) is 4.49. The molecule has 106 valence electrons. The second-order valence-electron chi connectivity index (χ2n) is 4.49. The van der Waals surface area contributed by atoms with Crippen molar-refractivity contribution >= 4 is 5.69 Å². The molecule has 0 aliphatic heterocycles. The van der Waals surface area contributed by atoms with Gasteiger partial charge < -0.3 is 10.4 Å². The standard InChI is InChI=1S/C14H14N6O/c1-10-4-5-13(21)12(19-10)7-17-11-3-2-6-16-14(11)20-9-15-8-18-20/h2-6,8-9,17,21H,7H2,1H3. The maximum atomic E-state index is 9.82. The Morgan fingerprint density at radius 2 is 2.19 bits per heavy atom. The van der Waals surface area contributed by atoms with E-state index in [0.29, 0.717) is 18.1 Å². The van der Waals surface area contributed by atoms with Gasteiger partial charge >= 0.3 is 0 Å². The molecule has 0 amide bonds. The molecular weight excluding hydrogens is 268 g/mol. The number of aromatic hydroxyl groups is 1. The average molecular weight is 282 g/mol. The van der Waals surface area contributed by atoms with Crippen LogP contribution in [0.3, 0.4) is 0 Å². The molecule has 21 heavy (non-hydrogen) atoms. The van der Waals surface area contributed by atoms with Crippen molar-refractivity contribution in [2.45, 2.75) is 13.5 Å². The maximum Gasteiger partial charge on any atom is 0.178 e. The van der Waals surface area contributed by atoms with Crippen molar-refractivity contribution in [3.8, 4) is 11.6 Å². The number of rotatable bonds is 4. The molecule has 0 atom stereocenters. The van der Waals surface area contributed by atoms with Crippen LogP contribution in [-0.4, -0.2) is 29.8 Å². The van der Waals surface area contributed by atoms with E-state index in [2.05, 4.69) is 25.4 Å². The zero-order chi connectivity index (χ0) is 14.7. The van der Waals surface area contributed by atoms with Crippen molar-refractivity contribution < 1.29 is 5.11 Å². The highest BCUT2D eigenvalue weighted by atomic mass is 16.3. The van der Waals surface area contributed by atoms with E-state index in [0.717, 1.165) is 11.4 Å².